The van der Waals surface area contributed by atoms with Gasteiger partial charge in [-0.05, 0) is 73.5 Å². The first kappa shape index (κ1) is 19.1. The molecule has 3 aromatic rings. The van der Waals surface area contributed by atoms with Crippen LogP contribution >= 0.6 is 11.8 Å². The third kappa shape index (κ3) is 4.43. The van der Waals surface area contributed by atoms with E-state index in [9.17, 15) is 9.59 Å². The molecule has 0 bridgehead atoms. The van der Waals surface area contributed by atoms with Crippen molar-refractivity contribution >= 4 is 35.0 Å². The lowest BCUT2D eigenvalue weighted by atomic mass is 10.1. The Kier molecular flexibility index (Phi) is 5.27. The normalized spacial score (nSPS) is 12.6. The van der Waals surface area contributed by atoms with Gasteiger partial charge in [-0.1, -0.05) is 23.9 Å². The average Bonchev–Trinajstić information content (AvgIpc) is 2.71. The molecule has 3 aromatic carbocycles. The molecular formula is C23H20N2O3S. The molecule has 29 heavy (non-hydrogen) atoms. The van der Waals surface area contributed by atoms with E-state index in [4.69, 9.17) is 4.74 Å². The zero-order valence-corrected chi connectivity index (χ0v) is 16.9. The van der Waals surface area contributed by atoms with Gasteiger partial charge in [0.15, 0.2) is 6.61 Å². The van der Waals surface area contributed by atoms with Crippen LogP contribution in [-0.4, -0.2) is 18.4 Å². The van der Waals surface area contributed by atoms with Crippen LogP contribution in [0.15, 0.2) is 70.5 Å². The van der Waals surface area contributed by atoms with Crippen molar-refractivity contribution in [3.05, 3.63) is 77.4 Å². The molecule has 0 saturated carbocycles. The van der Waals surface area contributed by atoms with E-state index in [-0.39, 0.29) is 18.4 Å². The van der Waals surface area contributed by atoms with Gasteiger partial charge in [0.2, 0.25) is 0 Å². The van der Waals surface area contributed by atoms with Gasteiger partial charge in [0, 0.05) is 21.0 Å². The van der Waals surface area contributed by atoms with E-state index in [1.807, 2.05) is 24.3 Å². The first-order valence-electron chi connectivity index (χ1n) is 9.21. The number of hydrogen-bond donors (Lipinski definition) is 2. The number of amides is 2. The lowest BCUT2D eigenvalue weighted by Gasteiger charge is -2.18. The highest BCUT2D eigenvalue weighted by Crippen LogP contribution is 2.32. The lowest BCUT2D eigenvalue weighted by molar-refractivity contribution is -0.118. The number of benzene rings is 3. The number of carbonyl (C=O) groups is 2. The third-order valence-electron chi connectivity index (χ3n) is 4.56. The van der Waals surface area contributed by atoms with Gasteiger partial charge in [-0.2, -0.15) is 0 Å². The number of hydrogen-bond acceptors (Lipinski definition) is 4. The van der Waals surface area contributed by atoms with Gasteiger partial charge in [-0.3, -0.25) is 9.59 Å². The maximum absolute atomic E-state index is 12.6. The summed E-state index contributed by atoms with van der Waals surface area (Å²) in [6.07, 6.45) is 0. The fraction of sp³-hybridized carbons (Fsp3) is 0.130. The fourth-order valence-electron chi connectivity index (χ4n) is 2.97. The Morgan fingerprint density at radius 1 is 1.03 bits per heavy atom. The summed E-state index contributed by atoms with van der Waals surface area (Å²) < 4.78 is 5.37. The van der Waals surface area contributed by atoms with Gasteiger partial charge in [-0.25, -0.2) is 0 Å². The van der Waals surface area contributed by atoms with Crippen molar-refractivity contribution < 1.29 is 14.3 Å². The van der Waals surface area contributed by atoms with Gasteiger partial charge < -0.3 is 15.4 Å². The summed E-state index contributed by atoms with van der Waals surface area (Å²) in [6.45, 7) is 4.14. The Morgan fingerprint density at radius 2 is 1.83 bits per heavy atom. The number of fused-ring (bicyclic) bond motifs is 1. The van der Waals surface area contributed by atoms with E-state index < -0.39 is 0 Å². The second-order valence-corrected chi connectivity index (χ2v) is 8.01. The molecule has 146 valence electrons. The van der Waals surface area contributed by atoms with E-state index in [2.05, 4.69) is 42.7 Å². The predicted octanol–water partition coefficient (Wildman–Crippen LogP) is 5.04. The monoisotopic (exact) mass is 404 g/mol. The molecule has 0 unspecified atom stereocenters. The summed E-state index contributed by atoms with van der Waals surface area (Å²) in [6, 6.07) is 19.1. The van der Waals surface area contributed by atoms with E-state index in [0.717, 1.165) is 4.90 Å². The molecule has 2 N–H and O–H groups in total. The average molecular weight is 404 g/mol. The minimum Gasteiger partial charge on any atom is -0.482 e. The van der Waals surface area contributed by atoms with Gasteiger partial charge >= 0.3 is 0 Å². The quantitative estimate of drug-likeness (QED) is 0.639. The molecule has 4 rings (SSSR count). The SMILES string of the molecule is Cc1ccc(C)c(Sc2ccc(NC(=O)c3ccc4c(c3)OCC(=O)N4)cc2)c1. The first-order valence-corrected chi connectivity index (χ1v) is 10.0. The van der Waals surface area contributed by atoms with Gasteiger partial charge in [0.25, 0.3) is 11.8 Å². The minimum absolute atomic E-state index is 0.0440. The summed E-state index contributed by atoms with van der Waals surface area (Å²) in [5.41, 5.74) is 4.23. The van der Waals surface area contributed by atoms with Crippen molar-refractivity contribution in [3.8, 4) is 5.75 Å². The number of ether oxygens (including phenoxy) is 1. The molecular weight excluding hydrogens is 384 g/mol. The highest BCUT2D eigenvalue weighted by atomic mass is 32.2. The highest BCUT2D eigenvalue weighted by Gasteiger charge is 2.18. The van der Waals surface area contributed by atoms with Crippen LogP contribution in [0.4, 0.5) is 11.4 Å². The molecule has 1 aliphatic heterocycles. The lowest BCUT2D eigenvalue weighted by Crippen LogP contribution is -2.25. The molecule has 0 atom stereocenters. The van der Waals surface area contributed by atoms with Crippen LogP contribution in [0.25, 0.3) is 0 Å². The van der Waals surface area contributed by atoms with Crippen LogP contribution in [0, 0.1) is 13.8 Å². The maximum atomic E-state index is 12.6. The number of nitrogens with one attached hydrogen (secondary N) is 2. The molecule has 0 fully saturated rings. The molecule has 6 heteroatoms. The van der Waals surface area contributed by atoms with Gasteiger partial charge in [0.05, 0.1) is 5.69 Å². The maximum Gasteiger partial charge on any atom is 0.262 e. The Morgan fingerprint density at radius 3 is 2.62 bits per heavy atom. The van der Waals surface area contributed by atoms with E-state index in [1.54, 1.807) is 30.0 Å². The molecule has 0 saturated heterocycles. The second-order valence-electron chi connectivity index (χ2n) is 6.90. The van der Waals surface area contributed by atoms with Crippen molar-refractivity contribution in [1.29, 1.82) is 0 Å². The number of anilines is 2. The smallest absolute Gasteiger partial charge is 0.262 e. The van der Waals surface area contributed by atoms with Gasteiger partial charge in [-0.15, -0.1) is 0 Å². The molecule has 0 aromatic heterocycles. The standard InChI is InChI=1S/C23H20N2O3S/c1-14-3-4-15(2)21(11-14)29-18-8-6-17(7-9-18)24-23(27)16-5-10-19-20(12-16)28-13-22(26)25-19/h3-12H,13H2,1-2H3,(H,24,27)(H,25,26). The minimum atomic E-state index is -0.233. The second kappa shape index (κ2) is 8.01. The van der Waals surface area contributed by atoms with Crippen LogP contribution in [-0.2, 0) is 4.79 Å². The molecule has 0 radical (unpaired) electrons. The van der Waals surface area contributed by atoms with E-state index in [1.165, 1.54) is 16.0 Å². The fourth-order valence-corrected chi connectivity index (χ4v) is 3.97. The molecule has 0 spiro atoms. The molecule has 5 nitrogen and oxygen atoms in total. The number of rotatable bonds is 4. The molecule has 0 aliphatic carbocycles. The summed E-state index contributed by atoms with van der Waals surface area (Å²) >= 11 is 1.70. The number of carbonyl (C=O) groups excluding carboxylic acids is 2. The van der Waals surface area contributed by atoms with Crippen molar-refractivity contribution in [1.82, 2.24) is 0 Å². The Hall–Kier alpha value is -3.25. The topological polar surface area (TPSA) is 67.4 Å². The zero-order chi connectivity index (χ0) is 20.4. The Bertz CT molecular complexity index is 1090. The molecule has 2 amide bonds. The summed E-state index contributed by atoms with van der Waals surface area (Å²) in [7, 11) is 0. The van der Waals surface area contributed by atoms with Crippen LogP contribution in [0.5, 0.6) is 5.75 Å². The van der Waals surface area contributed by atoms with Crippen molar-refractivity contribution in [2.45, 2.75) is 23.6 Å². The van der Waals surface area contributed by atoms with Crippen LogP contribution in [0.2, 0.25) is 0 Å². The highest BCUT2D eigenvalue weighted by molar-refractivity contribution is 7.99. The molecule has 1 aliphatic rings. The van der Waals surface area contributed by atoms with Crippen molar-refractivity contribution in [3.63, 3.8) is 0 Å². The largest absolute Gasteiger partial charge is 0.482 e. The zero-order valence-electron chi connectivity index (χ0n) is 16.1. The van der Waals surface area contributed by atoms with Gasteiger partial charge in [0.1, 0.15) is 5.75 Å². The van der Waals surface area contributed by atoms with Crippen molar-refractivity contribution in [2.75, 3.05) is 17.2 Å². The summed E-state index contributed by atoms with van der Waals surface area (Å²) in [4.78, 5) is 26.2. The van der Waals surface area contributed by atoms with E-state index in [0.29, 0.717) is 22.7 Å². The predicted molar refractivity (Wildman–Crippen MR) is 115 cm³/mol. The molecule has 1 heterocycles. The third-order valence-corrected chi connectivity index (χ3v) is 5.73. The van der Waals surface area contributed by atoms with Crippen molar-refractivity contribution in [2.24, 2.45) is 0 Å². The van der Waals surface area contributed by atoms with Crippen LogP contribution in [0.1, 0.15) is 21.5 Å². The van der Waals surface area contributed by atoms with Crippen LogP contribution < -0.4 is 15.4 Å². The summed E-state index contributed by atoms with van der Waals surface area (Å²) in [5, 5.41) is 5.61. The van der Waals surface area contributed by atoms with Crippen LogP contribution in [0.3, 0.4) is 0 Å². The number of aryl methyl sites for hydroxylation is 2. The Labute approximate surface area is 173 Å². The summed E-state index contributed by atoms with van der Waals surface area (Å²) in [5.74, 6) is 0.0641. The first-order chi connectivity index (χ1) is 14.0. The Balaban J connectivity index is 1.44. The van der Waals surface area contributed by atoms with E-state index >= 15 is 0 Å².